The SMILES string of the molecule is Cc1cccc(C)c1NC(=O)c1cn[nH]c1C. The average molecular weight is 229 g/mol. The summed E-state index contributed by atoms with van der Waals surface area (Å²) in [6.45, 7) is 5.78. The minimum atomic E-state index is -0.131. The molecular formula is C13H15N3O. The molecule has 0 radical (unpaired) electrons. The smallest absolute Gasteiger partial charge is 0.259 e. The number of aromatic nitrogens is 2. The van der Waals surface area contributed by atoms with E-state index in [9.17, 15) is 4.79 Å². The van der Waals surface area contributed by atoms with Gasteiger partial charge in [0.25, 0.3) is 5.91 Å². The van der Waals surface area contributed by atoms with Crippen molar-refractivity contribution in [3.05, 3.63) is 46.8 Å². The van der Waals surface area contributed by atoms with Crippen molar-refractivity contribution in [2.24, 2.45) is 0 Å². The van der Waals surface area contributed by atoms with Crippen molar-refractivity contribution in [3.63, 3.8) is 0 Å². The van der Waals surface area contributed by atoms with Crippen LogP contribution in [-0.4, -0.2) is 16.1 Å². The number of carbonyl (C=O) groups excluding carboxylic acids is 1. The van der Waals surface area contributed by atoms with E-state index in [0.29, 0.717) is 5.56 Å². The minimum Gasteiger partial charge on any atom is -0.321 e. The number of amides is 1. The molecule has 0 spiro atoms. The van der Waals surface area contributed by atoms with Crippen LogP contribution in [0.5, 0.6) is 0 Å². The number of nitrogens with zero attached hydrogens (tertiary/aromatic N) is 1. The maximum Gasteiger partial charge on any atom is 0.259 e. The molecule has 0 saturated carbocycles. The Hall–Kier alpha value is -2.10. The highest BCUT2D eigenvalue weighted by Crippen LogP contribution is 2.20. The topological polar surface area (TPSA) is 57.8 Å². The van der Waals surface area contributed by atoms with Crippen LogP contribution >= 0.6 is 0 Å². The second-order valence-corrected chi connectivity index (χ2v) is 4.13. The number of carbonyl (C=O) groups is 1. The van der Waals surface area contributed by atoms with E-state index in [2.05, 4.69) is 15.5 Å². The van der Waals surface area contributed by atoms with E-state index in [0.717, 1.165) is 22.5 Å². The van der Waals surface area contributed by atoms with Crippen LogP contribution in [0.1, 0.15) is 27.2 Å². The molecule has 4 heteroatoms. The Morgan fingerprint density at radius 2 is 1.88 bits per heavy atom. The lowest BCUT2D eigenvalue weighted by molar-refractivity contribution is 0.102. The minimum absolute atomic E-state index is 0.131. The van der Waals surface area contributed by atoms with Crippen molar-refractivity contribution in [3.8, 4) is 0 Å². The lowest BCUT2D eigenvalue weighted by atomic mass is 10.1. The van der Waals surface area contributed by atoms with Crippen LogP contribution in [0.25, 0.3) is 0 Å². The van der Waals surface area contributed by atoms with Gasteiger partial charge in [0.2, 0.25) is 0 Å². The largest absolute Gasteiger partial charge is 0.321 e. The number of nitrogens with one attached hydrogen (secondary N) is 2. The Labute approximate surface area is 100 Å². The predicted octanol–water partition coefficient (Wildman–Crippen LogP) is 2.59. The van der Waals surface area contributed by atoms with Gasteiger partial charge in [-0.15, -0.1) is 0 Å². The molecule has 0 saturated heterocycles. The fourth-order valence-corrected chi connectivity index (χ4v) is 1.77. The molecule has 0 aliphatic heterocycles. The molecule has 1 aromatic carbocycles. The van der Waals surface area contributed by atoms with Crippen LogP contribution in [-0.2, 0) is 0 Å². The third kappa shape index (κ3) is 2.20. The number of hydrogen-bond donors (Lipinski definition) is 2. The second-order valence-electron chi connectivity index (χ2n) is 4.13. The first-order chi connectivity index (χ1) is 8.09. The van der Waals surface area contributed by atoms with E-state index in [4.69, 9.17) is 0 Å². The number of benzene rings is 1. The number of hydrogen-bond acceptors (Lipinski definition) is 2. The standard InChI is InChI=1S/C13H15N3O/c1-8-5-4-6-9(2)12(8)15-13(17)11-7-14-16-10(11)3/h4-7H,1-3H3,(H,14,16)(H,15,17). The predicted molar refractivity (Wildman–Crippen MR) is 67.2 cm³/mol. The summed E-state index contributed by atoms with van der Waals surface area (Å²) in [7, 11) is 0. The molecule has 2 aromatic rings. The third-order valence-corrected chi connectivity index (χ3v) is 2.79. The number of H-pyrrole nitrogens is 1. The van der Waals surface area contributed by atoms with E-state index in [1.54, 1.807) is 0 Å². The molecule has 1 amide bonds. The summed E-state index contributed by atoms with van der Waals surface area (Å²) in [6.07, 6.45) is 1.54. The van der Waals surface area contributed by atoms with Crippen LogP contribution in [0.15, 0.2) is 24.4 Å². The summed E-state index contributed by atoms with van der Waals surface area (Å²) >= 11 is 0. The normalized spacial score (nSPS) is 10.3. The van der Waals surface area contributed by atoms with Gasteiger partial charge in [-0.1, -0.05) is 18.2 Å². The summed E-state index contributed by atoms with van der Waals surface area (Å²) in [5.74, 6) is -0.131. The fraction of sp³-hybridized carbons (Fsp3) is 0.231. The van der Waals surface area contributed by atoms with E-state index < -0.39 is 0 Å². The Kier molecular flexibility index (Phi) is 2.95. The zero-order valence-electron chi connectivity index (χ0n) is 10.2. The van der Waals surface area contributed by atoms with Crippen LogP contribution < -0.4 is 5.32 Å². The number of aromatic amines is 1. The van der Waals surface area contributed by atoms with Gasteiger partial charge >= 0.3 is 0 Å². The molecule has 0 unspecified atom stereocenters. The molecule has 1 heterocycles. The summed E-state index contributed by atoms with van der Waals surface area (Å²) in [4.78, 5) is 12.0. The summed E-state index contributed by atoms with van der Waals surface area (Å²) in [5, 5.41) is 9.52. The van der Waals surface area contributed by atoms with Crippen molar-refractivity contribution in [1.82, 2.24) is 10.2 Å². The quantitative estimate of drug-likeness (QED) is 0.831. The lowest BCUT2D eigenvalue weighted by Crippen LogP contribution is -2.14. The average Bonchev–Trinajstić information content (AvgIpc) is 2.70. The molecule has 0 bridgehead atoms. The van der Waals surface area contributed by atoms with Crippen LogP contribution in [0.3, 0.4) is 0 Å². The fourth-order valence-electron chi connectivity index (χ4n) is 1.77. The van der Waals surface area contributed by atoms with Gasteiger partial charge in [0.15, 0.2) is 0 Å². The molecule has 0 atom stereocenters. The molecule has 2 rings (SSSR count). The molecule has 88 valence electrons. The number of anilines is 1. The Morgan fingerprint density at radius 3 is 2.41 bits per heavy atom. The zero-order chi connectivity index (χ0) is 12.4. The van der Waals surface area contributed by atoms with Gasteiger partial charge in [-0.2, -0.15) is 5.10 Å². The summed E-state index contributed by atoms with van der Waals surface area (Å²) in [5.41, 5.74) is 4.33. The summed E-state index contributed by atoms with van der Waals surface area (Å²) < 4.78 is 0. The Bertz CT molecular complexity index is 537. The van der Waals surface area contributed by atoms with E-state index in [1.165, 1.54) is 6.20 Å². The van der Waals surface area contributed by atoms with Crippen molar-refractivity contribution in [2.75, 3.05) is 5.32 Å². The van der Waals surface area contributed by atoms with Gasteiger partial charge in [0.1, 0.15) is 0 Å². The summed E-state index contributed by atoms with van der Waals surface area (Å²) in [6, 6.07) is 5.93. The van der Waals surface area contributed by atoms with E-state index in [1.807, 2.05) is 39.0 Å². The monoisotopic (exact) mass is 229 g/mol. The first-order valence-corrected chi connectivity index (χ1v) is 5.47. The van der Waals surface area contributed by atoms with Crippen LogP contribution in [0.2, 0.25) is 0 Å². The van der Waals surface area contributed by atoms with E-state index in [-0.39, 0.29) is 5.91 Å². The number of para-hydroxylation sites is 1. The van der Waals surface area contributed by atoms with Gasteiger partial charge in [-0.05, 0) is 31.9 Å². The Morgan fingerprint density at radius 1 is 1.24 bits per heavy atom. The van der Waals surface area contributed by atoms with Crippen molar-refractivity contribution in [1.29, 1.82) is 0 Å². The first kappa shape index (κ1) is 11.4. The van der Waals surface area contributed by atoms with Gasteiger partial charge in [-0.25, -0.2) is 0 Å². The van der Waals surface area contributed by atoms with Crippen molar-refractivity contribution >= 4 is 11.6 Å². The van der Waals surface area contributed by atoms with Gasteiger partial charge in [0.05, 0.1) is 11.8 Å². The maximum atomic E-state index is 12.0. The highest BCUT2D eigenvalue weighted by Gasteiger charge is 2.12. The lowest BCUT2D eigenvalue weighted by Gasteiger charge is -2.10. The van der Waals surface area contributed by atoms with Gasteiger partial charge < -0.3 is 5.32 Å². The number of aryl methyl sites for hydroxylation is 3. The van der Waals surface area contributed by atoms with Crippen LogP contribution in [0, 0.1) is 20.8 Å². The van der Waals surface area contributed by atoms with Gasteiger partial charge in [0, 0.05) is 11.4 Å². The zero-order valence-corrected chi connectivity index (χ0v) is 10.2. The number of rotatable bonds is 2. The third-order valence-electron chi connectivity index (χ3n) is 2.79. The Balaban J connectivity index is 2.28. The van der Waals surface area contributed by atoms with Gasteiger partial charge in [-0.3, -0.25) is 9.89 Å². The molecule has 17 heavy (non-hydrogen) atoms. The van der Waals surface area contributed by atoms with Crippen LogP contribution in [0.4, 0.5) is 5.69 Å². The molecule has 0 aliphatic rings. The second kappa shape index (κ2) is 4.41. The highest BCUT2D eigenvalue weighted by molar-refractivity contribution is 6.05. The highest BCUT2D eigenvalue weighted by atomic mass is 16.1. The molecule has 2 N–H and O–H groups in total. The molecule has 0 aliphatic carbocycles. The van der Waals surface area contributed by atoms with E-state index >= 15 is 0 Å². The molecule has 1 aromatic heterocycles. The van der Waals surface area contributed by atoms with Crippen molar-refractivity contribution < 1.29 is 4.79 Å². The molecular weight excluding hydrogens is 214 g/mol. The maximum absolute atomic E-state index is 12.0. The first-order valence-electron chi connectivity index (χ1n) is 5.47. The molecule has 0 fully saturated rings. The van der Waals surface area contributed by atoms with Crippen molar-refractivity contribution in [2.45, 2.75) is 20.8 Å². The molecule has 4 nitrogen and oxygen atoms in total.